The number of carbonyl (C=O) groups is 1. The first-order valence-corrected chi connectivity index (χ1v) is 9.94. The number of fused-ring (bicyclic) bond motifs is 1. The molecule has 0 unspecified atom stereocenters. The summed E-state index contributed by atoms with van der Waals surface area (Å²) in [6.45, 7) is 6.91. The van der Waals surface area contributed by atoms with Gasteiger partial charge in [-0.2, -0.15) is 0 Å². The molecule has 3 rings (SSSR count). The highest BCUT2D eigenvalue weighted by molar-refractivity contribution is 7.99. The SMILES string of the molecule is CC(C)(C)OC(=O)Cn1c(SCCCNC2CC2)nc2ccccc21. The van der Waals surface area contributed by atoms with E-state index in [9.17, 15) is 4.79 Å². The maximum Gasteiger partial charge on any atom is 0.326 e. The molecule has 0 amide bonds. The summed E-state index contributed by atoms with van der Waals surface area (Å²) >= 11 is 1.71. The predicted molar refractivity (Wildman–Crippen MR) is 102 cm³/mol. The molecule has 0 spiro atoms. The normalized spacial score (nSPS) is 14.8. The summed E-state index contributed by atoms with van der Waals surface area (Å²) < 4.78 is 7.46. The van der Waals surface area contributed by atoms with Crippen LogP contribution in [0.2, 0.25) is 0 Å². The van der Waals surface area contributed by atoms with E-state index in [1.165, 1.54) is 12.8 Å². The lowest BCUT2D eigenvalue weighted by Gasteiger charge is -2.20. The van der Waals surface area contributed by atoms with E-state index < -0.39 is 5.60 Å². The summed E-state index contributed by atoms with van der Waals surface area (Å²) in [5.41, 5.74) is 1.42. The minimum Gasteiger partial charge on any atom is -0.459 e. The fourth-order valence-corrected chi connectivity index (χ4v) is 3.60. The second-order valence-electron chi connectivity index (χ2n) is 7.49. The molecule has 5 nitrogen and oxygen atoms in total. The zero-order valence-electron chi connectivity index (χ0n) is 15.2. The molecule has 1 aromatic heterocycles. The molecule has 0 saturated heterocycles. The van der Waals surface area contributed by atoms with Crippen LogP contribution in [0.5, 0.6) is 0 Å². The highest BCUT2D eigenvalue weighted by Crippen LogP contribution is 2.25. The maximum atomic E-state index is 12.3. The third kappa shape index (κ3) is 5.47. The van der Waals surface area contributed by atoms with Gasteiger partial charge in [-0.15, -0.1) is 0 Å². The van der Waals surface area contributed by atoms with Crippen molar-refractivity contribution in [2.45, 2.75) is 63.4 Å². The van der Waals surface area contributed by atoms with Gasteiger partial charge in [0.15, 0.2) is 5.16 Å². The second kappa shape index (κ2) is 7.79. The van der Waals surface area contributed by atoms with Crippen molar-refractivity contribution in [2.75, 3.05) is 12.3 Å². The Morgan fingerprint density at radius 2 is 2.12 bits per heavy atom. The zero-order chi connectivity index (χ0) is 17.9. The molecule has 1 fully saturated rings. The first-order chi connectivity index (χ1) is 11.9. The molecular weight excluding hydrogens is 334 g/mol. The molecule has 0 radical (unpaired) electrons. The third-order valence-electron chi connectivity index (χ3n) is 3.89. The molecule has 1 aliphatic rings. The Bertz CT molecular complexity index is 732. The number of esters is 1. The molecule has 1 aliphatic carbocycles. The van der Waals surface area contributed by atoms with Gasteiger partial charge in [0, 0.05) is 11.8 Å². The van der Waals surface area contributed by atoms with E-state index in [0.29, 0.717) is 0 Å². The maximum absolute atomic E-state index is 12.3. The van der Waals surface area contributed by atoms with E-state index in [4.69, 9.17) is 9.72 Å². The second-order valence-corrected chi connectivity index (χ2v) is 8.55. The number of hydrogen-bond acceptors (Lipinski definition) is 5. The number of nitrogens with one attached hydrogen (secondary N) is 1. The largest absolute Gasteiger partial charge is 0.459 e. The van der Waals surface area contributed by atoms with Crippen molar-refractivity contribution >= 4 is 28.8 Å². The highest BCUT2D eigenvalue weighted by atomic mass is 32.2. The van der Waals surface area contributed by atoms with E-state index in [0.717, 1.165) is 41.0 Å². The number of rotatable bonds is 8. The lowest BCUT2D eigenvalue weighted by molar-refractivity contribution is -0.155. The number of nitrogens with zero attached hydrogens (tertiary/aromatic N) is 2. The fraction of sp³-hybridized carbons (Fsp3) is 0.579. The number of benzene rings is 1. The topological polar surface area (TPSA) is 56.1 Å². The summed E-state index contributed by atoms with van der Waals surface area (Å²) in [6, 6.07) is 8.69. The van der Waals surface area contributed by atoms with Crippen LogP contribution in [0.15, 0.2) is 29.4 Å². The van der Waals surface area contributed by atoms with Crippen molar-refractivity contribution in [3.05, 3.63) is 24.3 Å². The third-order valence-corrected chi connectivity index (χ3v) is 4.95. The molecular formula is C19H27N3O2S. The Balaban J connectivity index is 1.66. The molecule has 1 N–H and O–H groups in total. The monoisotopic (exact) mass is 361 g/mol. The Kier molecular flexibility index (Phi) is 5.69. The van der Waals surface area contributed by atoms with Crippen LogP contribution in [0.1, 0.15) is 40.0 Å². The lowest BCUT2D eigenvalue weighted by atomic mass is 10.2. The fourth-order valence-electron chi connectivity index (χ4n) is 2.65. The molecule has 6 heteroatoms. The average molecular weight is 362 g/mol. The Morgan fingerprint density at radius 3 is 2.84 bits per heavy atom. The highest BCUT2D eigenvalue weighted by Gasteiger charge is 2.21. The van der Waals surface area contributed by atoms with Gasteiger partial charge in [0.1, 0.15) is 12.1 Å². The molecule has 2 aromatic rings. The van der Waals surface area contributed by atoms with Gasteiger partial charge in [-0.05, 0) is 58.7 Å². The van der Waals surface area contributed by atoms with Crippen molar-refractivity contribution in [3.8, 4) is 0 Å². The molecule has 0 bridgehead atoms. The van der Waals surface area contributed by atoms with E-state index in [2.05, 4.69) is 5.32 Å². The summed E-state index contributed by atoms with van der Waals surface area (Å²) in [7, 11) is 0. The molecule has 1 heterocycles. The van der Waals surface area contributed by atoms with Gasteiger partial charge < -0.3 is 14.6 Å². The summed E-state index contributed by atoms with van der Waals surface area (Å²) in [4.78, 5) is 17.0. The molecule has 136 valence electrons. The van der Waals surface area contributed by atoms with Crippen LogP contribution in [0, 0.1) is 0 Å². The van der Waals surface area contributed by atoms with Crippen molar-refractivity contribution in [3.63, 3.8) is 0 Å². The molecule has 1 aromatic carbocycles. The lowest BCUT2D eigenvalue weighted by Crippen LogP contribution is -2.26. The standard InChI is InChI=1S/C19H27N3O2S/c1-19(2,3)24-17(23)13-22-16-8-5-4-7-15(16)21-18(22)25-12-6-11-20-14-9-10-14/h4-5,7-8,14,20H,6,9-13H2,1-3H3. The van der Waals surface area contributed by atoms with Crippen LogP contribution in [-0.2, 0) is 16.1 Å². The van der Waals surface area contributed by atoms with Crippen LogP contribution in [0.4, 0.5) is 0 Å². The molecule has 1 saturated carbocycles. The number of hydrogen-bond donors (Lipinski definition) is 1. The number of aromatic nitrogens is 2. The van der Waals surface area contributed by atoms with E-state index in [1.54, 1.807) is 11.8 Å². The minimum absolute atomic E-state index is 0.195. The first kappa shape index (κ1) is 18.3. The quantitative estimate of drug-likeness (QED) is 0.442. The van der Waals surface area contributed by atoms with E-state index >= 15 is 0 Å². The van der Waals surface area contributed by atoms with Crippen LogP contribution in [-0.4, -0.2) is 39.5 Å². The minimum atomic E-state index is -0.477. The summed E-state index contributed by atoms with van der Waals surface area (Å²) in [5.74, 6) is 0.755. The van der Waals surface area contributed by atoms with E-state index in [1.807, 2.05) is 49.6 Å². The Morgan fingerprint density at radius 1 is 1.36 bits per heavy atom. The van der Waals surface area contributed by atoms with Gasteiger partial charge in [0.2, 0.25) is 0 Å². The van der Waals surface area contributed by atoms with Gasteiger partial charge >= 0.3 is 5.97 Å². The first-order valence-electron chi connectivity index (χ1n) is 8.96. The molecule has 25 heavy (non-hydrogen) atoms. The molecule has 0 atom stereocenters. The van der Waals surface area contributed by atoms with Crippen molar-refractivity contribution < 1.29 is 9.53 Å². The van der Waals surface area contributed by atoms with Crippen LogP contribution in [0.3, 0.4) is 0 Å². The van der Waals surface area contributed by atoms with Crippen LogP contribution < -0.4 is 5.32 Å². The predicted octanol–water partition coefficient (Wildman–Crippen LogP) is 3.61. The number of carbonyl (C=O) groups excluding carboxylic acids is 1. The van der Waals surface area contributed by atoms with Gasteiger partial charge in [0.05, 0.1) is 11.0 Å². The summed E-state index contributed by atoms with van der Waals surface area (Å²) in [6.07, 6.45) is 3.73. The molecule has 0 aliphatic heterocycles. The van der Waals surface area contributed by atoms with Gasteiger partial charge in [0.25, 0.3) is 0 Å². The van der Waals surface area contributed by atoms with Crippen molar-refractivity contribution in [1.82, 2.24) is 14.9 Å². The van der Waals surface area contributed by atoms with Crippen LogP contribution >= 0.6 is 11.8 Å². The Hall–Kier alpha value is -1.53. The van der Waals surface area contributed by atoms with E-state index in [-0.39, 0.29) is 12.5 Å². The summed E-state index contributed by atoms with van der Waals surface area (Å²) in [5, 5.41) is 4.41. The number of para-hydroxylation sites is 2. The van der Waals surface area contributed by atoms with Gasteiger partial charge in [-0.1, -0.05) is 23.9 Å². The number of ether oxygens (including phenoxy) is 1. The van der Waals surface area contributed by atoms with Gasteiger partial charge in [-0.25, -0.2) is 4.98 Å². The Labute approximate surface area is 153 Å². The zero-order valence-corrected chi connectivity index (χ0v) is 16.1. The number of imidazole rings is 1. The van der Waals surface area contributed by atoms with Gasteiger partial charge in [-0.3, -0.25) is 4.79 Å². The average Bonchev–Trinajstić information content (AvgIpc) is 3.29. The van der Waals surface area contributed by atoms with Crippen LogP contribution in [0.25, 0.3) is 11.0 Å². The smallest absolute Gasteiger partial charge is 0.326 e. The van der Waals surface area contributed by atoms with Crippen molar-refractivity contribution in [1.29, 1.82) is 0 Å². The van der Waals surface area contributed by atoms with Crippen molar-refractivity contribution in [2.24, 2.45) is 0 Å². The number of thioether (sulfide) groups is 1.